The predicted octanol–water partition coefficient (Wildman–Crippen LogP) is 5.57. The number of carbonyl (C=O) groups is 1. The van der Waals surface area contributed by atoms with Crippen LogP contribution in [-0.2, 0) is 11.2 Å². The van der Waals surface area contributed by atoms with Crippen LogP contribution in [0.4, 0.5) is 34.8 Å². The van der Waals surface area contributed by atoms with Gasteiger partial charge in [-0.05, 0) is 41.5 Å². The molecule has 0 aliphatic rings. The minimum Gasteiger partial charge on any atom is -0.465 e. The van der Waals surface area contributed by atoms with Gasteiger partial charge in [0.05, 0.1) is 24.0 Å². The average Bonchev–Trinajstić information content (AvgIpc) is 2.80. The first-order chi connectivity index (χ1) is 16.4. The molecular formula is C25H23F4N3O2Si. The van der Waals surface area contributed by atoms with Gasteiger partial charge in [-0.25, -0.2) is 27.3 Å². The Morgan fingerprint density at radius 3 is 2.40 bits per heavy atom. The van der Waals surface area contributed by atoms with Crippen LogP contribution in [0, 0.1) is 34.7 Å². The van der Waals surface area contributed by atoms with E-state index in [1.54, 1.807) is 0 Å². The van der Waals surface area contributed by atoms with Gasteiger partial charge < -0.3 is 15.8 Å². The molecule has 1 aromatic heterocycles. The summed E-state index contributed by atoms with van der Waals surface area (Å²) in [7, 11) is -0.628. The van der Waals surface area contributed by atoms with Crippen molar-refractivity contribution < 1.29 is 27.1 Å². The maximum Gasteiger partial charge on any atom is 0.340 e. The average molecular weight is 502 g/mol. The van der Waals surface area contributed by atoms with Crippen molar-refractivity contribution in [1.82, 2.24) is 4.98 Å². The van der Waals surface area contributed by atoms with Crippen molar-refractivity contribution in [3.05, 3.63) is 82.1 Å². The van der Waals surface area contributed by atoms with Crippen molar-refractivity contribution in [3.8, 4) is 11.5 Å². The number of nitrogen functional groups attached to an aromatic ring is 1. The topological polar surface area (TPSA) is 77.2 Å². The predicted molar refractivity (Wildman–Crippen MR) is 129 cm³/mol. The normalized spacial score (nSPS) is 11.0. The molecule has 5 nitrogen and oxygen atoms in total. The highest BCUT2D eigenvalue weighted by molar-refractivity contribution is 6.83. The van der Waals surface area contributed by atoms with Crippen molar-refractivity contribution in [3.63, 3.8) is 0 Å². The molecule has 182 valence electrons. The maximum atomic E-state index is 15.1. The molecular weight excluding hydrogens is 478 g/mol. The molecule has 3 N–H and O–H groups in total. The number of hydrogen-bond acceptors (Lipinski definition) is 5. The van der Waals surface area contributed by atoms with E-state index in [1.165, 1.54) is 24.4 Å². The van der Waals surface area contributed by atoms with Crippen LogP contribution in [0.2, 0.25) is 19.6 Å². The van der Waals surface area contributed by atoms with Gasteiger partial charge in [-0.15, -0.1) is 5.54 Å². The molecule has 0 aliphatic heterocycles. The molecule has 0 bridgehead atoms. The van der Waals surface area contributed by atoms with Crippen LogP contribution in [0.5, 0.6) is 0 Å². The number of ether oxygens (including phenoxy) is 1. The zero-order chi connectivity index (χ0) is 25.9. The minimum atomic E-state index is -1.69. The van der Waals surface area contributed by atoms with E-state index in [2.05, 4.69) is 21.8 Å². The van der Waals surface area contributed by atoms with Crippen LogP contribution in [0.15, 0.2) is 36.5 Å². The summed E-state index contributed by atoms with van der Waals surface area (Å²) in [4.78, 5) is 16.0. The fourth-order valence-corrected chi connectivity index (χ4v) is 3.65. The Labute approximate surface area is 201 Å². The first-order valence-electron chi connectivity index (χ1n) is 10.5. The Morgan fingerprint density at radius 2 is 1.77 bits per heavy atom. The van der Waals surface area contributed by atoms with Crippen molar-refractivity contribution in [2.75, 3.05) is 18.2 Å². The van der Waals surface area contributed by atoms with E-state index in [9.17, 15) is 18.0 Å². The van der Waals surface area contributed by atoms with Gasteiger partial charge in [0, 0.05) is 18.2 Å². The van der Waals surface area contributed by atoms with E-state index >= 15 is 4.39 Å². The molecule has 3 aromatic rings. The number of aromatic nitrogens is 1. The van der Waals surface area contributed by atoms with E-state index in [0.29, 0.717) is 5.56 Å². The van der Waals surface area contributed by atoms with Gasteiger partial charge in [0.1, 0.15) is 13.9 Å². The van der Waals surface area contributed by atoms with Crippen LogP contribution >= 0.6 is 0 Å². The number of benzene rings is 2. The summed E-state index contributed by atoms with van der Waals surface area (Å²) in [6.07, 6.45) is 0.810. The third-order valence-corrected chi connectivity index (χ3v) is 5.75. The van der Waals surface area contributed by atoms with E-state index in [-0.39, 0.29) is 16.8 Å². The van der Waals surface area contributed by atoms with Gasteiger partial charge >= 0.3 is 5.97 Å². The highest BCUT2D eigenvalue weighted by Crippen LogP contribution is 2.32. The Morgan fingerprint density at radius 1 is 1.06 bits per heavy atom. The number of esters is 1. The van der Waals surface area contributed by atoms with Crippen molar-refractivity contribution >= 4 is 31.2 Å². The fraction of sp³-hybridized carbons (Fsp3) is 0.200. The smallest absolute Gasteiger partial charge is 0.340 e. The SMILES string of the molecule is COC(=O)c1cc(Cc2ccnc(N)c2F)c(F)c(F)c1Nc1ccc(C#C[Si](C)(C)C)cc1F. The lowest BCUT2D eigenvalue weighted by Crippen LogP contribution is -2.16. The summed E-state index contributed by atoms with van der Waals surface area (Å²) >= 11 is 0. The molecule has 0 spiro atoms. The Bertz CT molecular complexity index is 1360. The number of nitrogens with two attached hydrogens (primary N) is 1. The lowest BCUT2D eigenvalue weighted by atomic mass is 10.00. The number of nitrogens with zero attached hydrogens (tertiary/aromatic N) is 1. The van der Waals surface area contributed by atoms with Gasteiger partial charge in [-0.3, -0.25) is 0 Å². The lowest BCUT2D eigenvalue weighted by Gasteiger charge is -2.16. The zero-order valence-corrected chi connectivity index (χ0v) is 20.5. The first kappa shape index (κ1) is 25.8. The quantitative estimate of drug-likeness (QED) is 0.207. The maximum absolute atomic E-state index is 15.1. The number of anilines is 3. The third-order valence-electron chi connectivity index (χ3n) is 4.87. The van der Waals surface area contributed by atoms with Crippen molar-refractivity contribution in [2.24, 2.45) is 0 Å². The molecule has 3 rings (SSSR count). The molecule has 2 aromatic carbocycles. The second kappa shape index (κ2) is 10.2. The van der Waals surface area contributed by atoms with Crippen LogP contribution in [-0.4, -0.2) is 26.1 Å². The molecule has 0 saturated heterocycles. The highest BCUT2D eigenvalue weighted by Gasteiger charge is 2.25. The molecule has 10 heteroatoms. The van der Waals surface area contributed by atoms with Crippen LogP contribution in [0.1, 0.15) is 27.0 Å². The van der Waals surface area contributed by atoms with E-state index in [0.717, 1.165) is 19.2 Å². The molecule has 1 heterocycles. The Kier molecular flexibility index (Phi) is 7.50. The molecule has 0 aliphatic carbocycles. The van der Waals surface area contributed by atoms with Crippen molar-refractivity contribution in [2.45, 2.75) is 26.1 Å². The Hall–Kier alpha value is -3.84. The zero-order valence-electron chi connectivity index (χ0n) is 19.5. The second-order valence-electron chi connectivity index (χ2n) is 8.74. The molecule has 0 saturated carbocycles. The standard InChI is InChI=1S/C25H23F4N3O2Si/c1-34-25(33)17-13-16(12-15-7-9-31-24(30)21(15)28)20(27)22(29)23(17)32-19-6-5-14(11-18(19)26)8-10-35(2,3)4/h5-7,9,11,13,32H,12H2,1-4H3,(H2,30,31). The largest absolute Gasteiger partial charge is 0.465 e. The summed E-state index contributed by atoms with van der Waals surface area (Å²) in [5.74, 6) is -2.94. The number of carbonyl (C=O) groups excluding carboxylic acids is 1. The number of pyridine rings is 1. The Balaban J connectivity index is 2.04. The van der Waals surface area contributed by atoms with Gasteiger partial charge in [0.2, 0.25) is 0 Å². The number of halogens is 4. The highest BCUT2D eigenvalue weighted by atomic mass is 28.3. The van der Waals surface area contributed by atoms with Gasteiger partial charge in [0.25, 0.3) is 0 Å². The molecule has 0 atom stereocenters. The summed E-state index contributed by atoms with van der Waals surface area (Å²) < 4.78 is 63.8. The molecule has 0 unspecified atom stereocenters. The first-order valence-corrected chi connectivity index (χ1v) is 14.0. The van der Waals surface area contributed by atoms with Crippen LogP contribution < -0.4 is 11.1 Å². The summed E-state index contributed by atoms with van der Waals surface area (Å²) in [5.41, 5.74) is 7.38. The second-order valence-corrected chi connectivity index (χ2v) is 13.5. The lowest BCUT2D eigenvalue weighted by molar-refractivity contribution is 0.0601. The van der Waals surface area contributed by atoms with E-state index in [4.69, 9.17) is 10.5 Å². The number of methoxy groups -OCH3 is 1. The molecule has 35 heavy (non-hydrogen) atoms. The fourth-order valence-electron chi connectivity index (χ4n) is 3.13. The van der Waals surface area contributed by atoms with Crippen LogP contribution in [0.25, 0.3) is 0 Å². The van der Waals surface area contributed by atoms with Crippen molar-refractivity contribution in [1.29, 1.82) is 0 Å². The summed E-state index contributed by atoms with van der Waals surface area (Å²) in [5, 5.41) is 2.44. The number of hydrogen-bond donors (Lipinski definition) is 2. The molecule has 0 fully saturated rings. The minimum absolute atomic E-state index is 0.0478. The molecule has 0 amide bonds. The number of rotatable bonds is 5. The van der Waals surface area contributed by atoms with Gasteiger partial charge in [0.15, 0.2) is 23.3 Å². The van der Waals surface area contributed by atoms with E-state index < -0.39 is 60.8 Å². The van der Waals surface area contributed by atoms with Gasteiger partial charge in [-0.1, -0.05) is 25.6 Å². The molecule has 0 radical (unpaired) electrons. The van der Waals surface area contributed by atoms with Gasteiger partial charge in [-0.2, -0.15) is 0 Å². The summed E-state index contributed by atoms with van der Waals surface area (Å²) in [6, 6.07) is 6.27. The summed E-state index contributed by atoms with van der Waals surface area (Å²) in [6.45, 7) is 6.12. The van der Waals surface area contributed by atoms with Crippen LogP contribution in [0.3, 0.4) is 0 Å². The number of nitrogens with one attached hydrogen (secondary N) is 1. The van der Waals surface area contributed by atoms with E-state index in [1.807, 2.05) is 19.6 Å². The monoisotopic (exact) mass is 501 g/mol. The third kappa shape index (κ3) is 5.99.